The number of ether oxygens (including phenoxy) is 1. The van der Waals surface area contributed by atoms with Gasteiger partial charge in [-0.25, -0.2) is 13.4 Å². The standard InChI is InChI=1S/C16H17N5O5S2/c1-21-8-10(15(20-21)26-2)14(23)17-7-13(22)19-16-18-11-5-4-9(28(3,24)25)6-12(11)27-16/h4-6,8H,7H2,1-3H3,(H,17,23)(H,18,19,22). The Morgan fingerprint density at radius 2 is 2.07 bits per heavy atom. The minimum absolute atomic E-state index is 0.160. The summed E-state index contributed by atoms with van der Waals surface area (Å²) < 4.78 is 30.3. The zero-order chi connectivity index (χ0) is 20.5. The van der Waals surface area contributed by atoms with Gasteiger partial charge in [0, 0.05) is 19.5 Å². The number of fused-ring (bicyclic) bond motifs is 1. The van der Waals surface area contributed by atoms with Gasteiger partial charge in [0.1, 0.15) is 5.56 Å². The van der Waals surface area contributed by atoms with E-state index in [2.05, 4.69) is 20.7 Å². The average molecular weight is 423 g/mol. The molecule has 3 aromatic rings. The molecule has 2 N–H and O–H groups in total. The van der Waals surface area contributed by atoms with Crippen LogP contribution in [0.5, 0.6) is 5.88 Å². The quantitative estimate of drug-likeness (QED) is 0.599. The van der Waals surface area contributed by atoms with Crippen molar-refractivity contribution in [1.29, 1.82) is 0 Å². The third-order valence-electron chi connectivity index (χ3n) is 3.68. The fourth-order valence-electron chi connectivity index (χ4n) is 2.38. The minimum Gasteiger partial charge on any atom is -0.479 e. The van der Waals surface area contributed by atoms with Gasteiger partial charge in [-0.1, -0.05) is 11.3 Å². The fourth-order valence-corrected chi connectivity index (χ4v) is 4.03. The number of carbonyl (C=O) groups is 2. The summed E-state index contributed by atoms with van der Waals surface area (Å²) in [7, 11) is -0.286. The highest BCUT2D eigenvalue weighted by molar-refractivity contribution is 7.90. The Kier molecular flexibility index (Phi) is 5.34. The highest BCUT2D eigenvalue weighted by atomic mass is 32.2. The van der Waals surface area contributed by atoms with Gasteiger partial charge in [0.05, 0.1) is 28.8 Å². The predicted molar refractivity (Wildman–Crippen MR) is 103 cm³/mol. The Labute approximate surface area is 164 Å². The Morgan fingerprint density at radius 1 is 1.32 bits per heavy atom. The number of benzene rings is 1. The van der Waals surface area contributed by atoms with Crippen molar-refractivity contribution in [3.63, 3.8) is 0 Å². The number of sulfone groups is 1. The Bertz CT molecular complexity index is 1170. The maximum atomic E-state index is 12.2. The van der Waals surface area contributed by atoms with E-state index >= 15 is 0 Å². The van der Waals surface area contributed by atoms with E-state index in [4.69, 9.17) is 4.74 Å². The van der Waals surface area contributed by atoms with Crippen LogP contribution in [-0.4, -0.2) is 54.9 Å². The maximum Gasteiger partial charge on any atom is 0.258 e. The number of thiazole rings is 1. The van der Waals surface area contributed by atoms with Crippen molar-refractivity contribution >= 4 is 48.3 Å². The summed E-state index contributed by atoms with van der Waals surface area (Å²) >= 11 is 1.14. The van der Waals surface area contributed by atoms with Gasteiger partial charge in [-0.15, -0.1) is 5.10 Å². The van der Waals surface area contributed by atoms with E-state index in [1.54, 1.807) is 13.1 Å². The Morgan fingerprint density at radius 3 is 2.75 bits per heavy atom. The van der Waals surface area contributed by atoms with Crippen LogP contribution in [0.4, 0.5) is 5.13 Å². The number of nitrogens with zero attached hydrogens (tertiary/aromatic N) is 3. The summed E-state index contributed by atoms with van der Waals surface area (Å²) in [5.74, 6) is -0.811. The lowest BCUT2D eigenvalue weighted by Gasteiger charge is -2.04. The molecule has 10 nitrogen and oxygen atoms in total. The largest absolute Gasteiger partial charge is 0.479 e. The van der Waals surface area contributed by atoms with Crippen molar-refractivity contribution in [2.45, 2.75) is 4.90 Å². The number of aryl methyl sites for hydroxylation is 1. The lowest BCUT2D eigenvalue weighted by molar-refractivity contribution is -0.115. The first-order valence-corrected chi connectivity index (χ1v) is 10.6. The van der Waals surface area contributed by atoms with E-state index in [0.29, 0.717) is 15.3 Å². The number of anilines is 1. The molecule has 0 spiro atoms. The lowest BCUT2D eigenvalue weighted by Crippen LogP contribution is -2.32. The first-order chi connectivity index (χ1) is 13.2. The van der Waals surface area contributed by atoms with E-state index in [0.717, 1.165) is 17.6 Å². The van der Waals surface area contributed by atoms with E-state index in [9.17, 15) is 18.0 Å². The van der Waals surface area contributed by atoms with Gasteiger partial charge >= 0.3 is 0 Å². The number of hydrogen-bond acceptors (Lipinski definition) is 8. The molecular formula is C16H17N5O5S2. The van der Waals surface area contributed by atoms with Crippen molar-refractivity contribution in [2.75, 3.05) is 25.2 Å². The van der Waals surface area contributed by atoms with Crippen LogP contribution in [0.15, 0.2) is 29.3 Å². The van der Waals surface area contributed by atoms with Crippen LogP contribution in [0.1, 0.15) is 10.4 Å². The molecule has 1 aromatic carbocycles. The van der Waals surface area contributed by atoms with E-state index < -0.39 is 21.7 Å². The molecule has 0 atom stereocenters. The zero-order valence-corrected chi connectivity index (χ0v) is 16.8. The Hall–Kier alpha value is -2.99. The number of hydrogen-bond donors (Lipinski definition) is 2. The molecule has 0 aliphatic carbocycles. The summed E-state index contributed by atoms with van der Waals surface area (Å²) in [4.78, 5) is 28.7. The van der Waals surface area contributed by atoms with Crippen molar-refractivity contribution in [1.82, 2.24) is 20.1 Å². The summed E-state index contributed by atoms with van der Waals surface area (Å²) in [6.07, 6.45) is 2.61. The normalized spacial score (nSPS) is 11.4. The molecule has 2 heterocycles. The second-order valence-corrected chi connectivity index (χ2v) is 8.92. The Balaban J connectivity index is 1.65. The van der Waals surface area contributed by atoms with Crippen molar-refractivity contribution in [3.05, 3.63) is 30.0 Å². The number of nitrogens with one attached hydrogen (secondary N) is 2. The molecule has 3 rings (SSSR count). The third-order valence-corrected chi connectivity index (χ3v) is 5.72. The first-order valence-electron chi connectivity index (χ1n) is 7.93. The second-order valence-electron chi connectivity index (χ2n) is 5.88. The van der Waals surface area contributed by atoms with E-state index in [1.807, 2.05) is 0 Å². The highest BCUT2D eigenvalue weighted by Gasteiger charge is 2.17. The van der Waals surface area contributed by atoms with Crippen molar-refractivity contribution < 1.29 is 22.7 Å². The van der Waals surface area contributed by atoms with Crippen LogP contribution in [0.25, 0.3) is 10.2 Å². The van der Waals surface area contributed by atoms with Gasteiger partial charge in [-0.05, 0) is 18.2 Å². The van der Waals surface area contributed by atoms with Gasteiger partial charge in [-0.2, -0.15) is 0 Å². The number of aromatic nitrogens is 3. The van der Waals surface area contributed by atoms with Crippen LogP contribution < -0.4 is 15.4 Å². The molecule has 0 saturated carbocycles. The molecule has 0 bridgehead atoms. The van der Waals surface area contributed by atoms with Crippen LogP contribution >= 0.6 is 11.3 Å². The summed E-state index contributed by atoms with van der Waals surface area (Å²) in [6, 6.07) is 4.55. The van der Waals surface area contributed by atoms with Crippen LogP contribution in [-0.2, 0) is 21.7 Å². The van der Waals surface area contributed by atoms with Crippen LogP contribution in [0.2, 0.25) is 0 Å². The monoisotopic (exact) mass is 423 g/mol. The van der Waals surface area contributed by atoms with E-state index in [1.165, 1.54) is 30.1 Å². The summed E-state index contributed by atoms with van der Waals surface area (Å²) in [5.41, 5.74) is 0.780. The van der Waals surface area contributed by atoms with E-state index in [-0.39, 0.29) is 22.9 Å². The highest BCUT2D eigenvalue weighted by Crippen LogP contribution is 2.28. The number of amides is 2. The minimum atomic E-state index is -3.33. The topological polar surface area (TPSA) is 132 Å². The third kappa shape index (κ3) is 4.28. The first kappa shape index (κ1) is 19.8. The molecule has 0 aliphatic rings. The molecular weight excluding hydrogens is 406 g/mol. The molecule has 148 valence electrons. The molecule has 0 saturated heterocycles. The molecule has 0 unspecified atom stereocenters. The number of methoxy groups -OCH3 is 1. The molecule has 2 aromatic heterocycles. The van der Waals surface area contributed by atoms with Gasteiger partial charge < -0.3 is 15.4 Å². The summed E-state index contributed by atoms with van der Waals surface area (Å²) in [5, 5.41) is 9.35. The maximum absolute atomic E-state index is 12.2. The number of rotatable bonds is 6. The van der Waals surface area contributed by atoms with Gasteiger partial charge in [0.25, 0.3) is 5.91 Å². The smallest absolute Gasteiger partial charge is 0.258 e. The zero-order valence-electron chi connectivity index (χ0n) is 15.2. The van der Waals surface area contributed by atoms with Crippen molar-refractivity contribution in [2.24, 2.45) is 7.05 Å². The number of carbonyl (C=O) groups excluding carboxylic acids is 2. The van der Waals surface area contributed by atoms with Crippen LogP contribution in [0, 0.1) is 0 Å². The van der Waals surface area contributed by atoms with Crippen molar-refractivity contribution in [3.8, 4) is 5.88 Å². The van der Waals surface area contributed by atoms with Gasteiger partial charge in [-0.3, -0.25) is 14.3 Å². The lowest BCUT2D eigenvalue weighted by atomic mass is 10.3. The second kappa shape index (κ2) is 7.56. The predicted octanol–water partition coefficient (Wildman–Crippen LogP) is 0.810. The van der Waals surface area contributed by atoms with Gasteiger partial charge in [0.15, 0.2) is 15.0 Å². The molecule has 0 aliphatic heterocycles. The summed E-state index contributed by atoms with van der Waals surface area (Å²) in [6.45, 7) is -0.276. The fraction of sp³-hybridized carbons (Fsp3) is 0.250. The average Bonchev–Trinajstić information content (AvgIpc) is 3.20. The molecule has 2 amide bonds. The molecule has 0 fully saturated rings. The molecule has 28 heavy (non-hydrogen) atoms. The SMILES string of the molecule is COc1nn(C)cc1C(=O)NCC(=O)Nc1nc2ccc(S(C)(=O)=O)cc2s1. The van der Waals surface area contributed by atoms with Gasteiger partial charge in [0.2, 0.25) is 11.8 Å². The molecule has 0 radical (unpaired) electrons. The molecule has 12 heteroatoms. The van der Waals surface area contributed by atoms with Crippen LogP contribution in [0.3, 0.4) is 0 Å².